The van der Waals surface area contributed by atoms with Crippen molar-refractivity contribution in [3.8, 4) is 0 Å². The summed E-state index contributed by atoms with van der Waals surface area (Å²) in [6.45, 7) is 8.91. The summed E-state index contributed by atoms with van der Waals surface area (Å²) in [6, 6.07) is 0. The molecule has 1 N–H and O–H groups in total. The van der Waals surface area contributed by atoms with E-state index in [1.165, 1.54) is 0 Å². The molecule has 3 heterocycles. The van der Waals surface area contributed by atoms with Crippen LogP contribution in [0.2, 0.25) is 0 Å². The average molecular weight is 431 g/mol. The van der Waals surface area contributed by atoms with E-state index in [1.54, 1.807) is 0 Å². The van der Waals surface area contributed by atoms with Crippen molar-refractivity contribution in [1.82, 2.24) is 24.3 Å². The third-order valence-electron chi connectivity index (χ3n) is 5.68. The molecule has 0 saturated carbocycles. The molecular weight excluding hydrogens is 403 g/mol. The Bertz CT molecular complexity index is 757. The Hall–Kier alpha value is -2.40. The second-order valence-corrected chi connectivity index (χ2v) is 7.53. The lowest BCUT2D eigenvalue weighted by Gasteiger charge is -2.51. The zero-order valence-electron chi connectivity index (χ0n) is 17.2. The van der Waals surface area contributed by atoms with Crippen molar-refractivity contribution in [2.45, 2.75) is 31.1 Å². The number of aromatic nitrogens is 2. The van der Waals surface area contributed by atoms with Gasteiger partial charge in [0.05, 0.1) is 6.54 Å². The van der Waals surface area contributed by atoms with Crippen molar-refractivity contribution in [2.24, 2.45) is 7.05 Å². The van der Waals surface area contributed by atoms with Crippen molar-refractivity contribution in [3.05, 3.63) is 30.9 Å². The predicted octanol–water partition coefficient (Wildman–Crippen LogP) is 1.35. The third kappa shape index (κ3) is 5.39. The molecule has 1 amide bonds. The molecule has 30 heavy (non-hydrogen) atoms. The van der Waals surface area contributed by atoms with Crippen LogP contribution >= 0.6 is 0 Å². The number of likely N-dealkylation sites (tertiary alicyclic amines) is 1. The Morgan fingerprint density at radius 3 is 2.33 bits per heavy atom. The Morgan fingerprint density at radius 1 is 1.27 bits per heavy atom. The smallest absolute Gasteiger partial charge is 0.475 e. The van der Waals surface area contributed by atoms with Gasteiger partial charge in [0, 0.05) is 52.2 Å². The second-order valence-electron chi connectivity index (χ2n) is 7.53. The van der Waals surface area contributed by atoms with Gasteiger partial charge in [-0.3, -0.25) is 14.6 Å². The summed E-state index contributed by atoms with van der Waals surface area (Å²) < 4.78 is 33.8. The number of halogens is 3. The van der Waals surface area contributed by atoms with Gasteiger partial charge in [-0.25, -0.2) is 9.78 Å². The molecule has 168 valence electrons. The number of carboxylic acids is 1. The number of likely N-dealkylation sites (N-methyl/N-ethyl adjacent to an activating group) is 1. The molecule has 2 fully saturated rings. The highest BCUT2D eigenvalue weighted by atomic mass is 19.4. The van der Waals surface area contributed by atoms with Crippen LogP contribution in [0.25, 0.3) is 0 Å². The Labute approximate surface area is 173 Å². The normalized spacial score (nSPS) is 20.0. The first-order chi connectivity index (χ1) is 14.0. The fraction of sp³-hybridized carbons (Fsp3) is 0.632. The molecule has 0 aromatic carbocycles. The largest absolute Gasteiger partial charge is 0.490 e. The summed E-state index contributed by atoms with van der Waals surface area (Å²) in [7, 11) is 4.12. The molecule has 2 saturated heterocycles. The summed E-state index contributed by atoms with van der Waals surface area (Å²) in [5.74, 6) is -1.40. The van der Waals surface area contributed by atoms with E-state index in [0.717, 1.165) is 51.4 Å². The third-order valence-corrected chi connectivity index (χ3v) is 5.68. The Kier molecular flexibility index (Phi) is 7.64. The number of carbonyl (C=O) groups is 2. The van der Waals surface area contributed by atoms with Gasteiger partial charge in [0.2, 0.25) is 5.91 Å². The lowest BCUT2D eigenvalue weighted by atomic mass is 9.82. The van der Waals surface area contributed by atoms with Gasteiger partial charge in [-0.2, -0.15) is 13.2 Å². The average Bonchev–Trinajstić information content (AvgIpc) is 3.08. The molecule has 0 unspecified atom stereocenters. The number of piperidine rings is 1. The summed E-state index contributed by atoms with van der Waals surface area (Å²) in [4.78, 5) is 32.9. The molecule has 0 bridgehead atoms. The number of carbonyl (C=O) groups excluding carboxylic acids is 1. The molecule has 2 aliphatic heterocycles. The number of alkyl halides is 3. The molecule has 1 aromatic rings. The highest BCUT2D eigenvalue weighted by Crippen LogP contribution is 2.33. The van der Waals surface area contributed by atoms with Gasteiger partial charge in [-0.15, -0.1) is 6.58 Å². The SMILES string of the molecule is C=CCN1CCN(C)C2(CCN(Cc3nccn3C)CC2)C1=O.O=C(O)C(F)(F)F. The summed E-state index contributed by atoms with van der Waals surface area (Å²) in [5, 5.41) is 7.12. The number of hydrogen-bond donors (Lipinski definition) is 1. The molecule has 0 radical (unpaired) electrons. The number of imidazole rings is 1. The molecular formula is C19H28F3N5O3. The van der Waals surface area contributed by atoms with Gasteiger partial charge >= 0.3 is 12.1 Å². The molecule has 0 atom stereocenters. The highest BCUT2D eigenvalue weighted by molar-refractivity contribution is 5.87. The van der Waals surface area contributed by atoms with Crippen LogP contribution < -0.4 is 0 Å². The minimum Gasteiger partial charge on any atom is -0.475 e. The van der Waals surface area contributed by atoms with E-state index in [4.69, 9.17) is 9.90 Å². The van der Waals surface area contributed by atoms with E-state index in [2.05, 4.69) is 33.0 Å². The predicted molar refractivity (Wildman–Crippen MR) is 104 cm³/mol. The molecule has 2 aliphatic rings. The number of nitrogens with zero attached hydrogens (tertiary/aromatic N) is 5. The van der Waals surface area contributed by atoms with Crippen LogP contribution in [0.3, 0.4) is 0 Å². The minimum atomic E-state index is -5.08. The van der Waals surface area contributed by atoms with Gasteiger partial charge in [0.15, 0.2) is 0 Å². The van der Waals surface area contributed by atoms with Gasteiger partial charge in [-0.1, -0.05) is 6.08 Å². The van der Waals surface area contributed by atoms with Crippen molar-refractivity contribution in [2.75, 3.05) is 39.8 Å². The number of amides is 1. The molecule has 3 rings (SSSR count). The number of aliphatic carboxylic acids is 1. The fourth-order valence-electron chi connectivity index (χ4n) is 3.80. The van der Waals surface area contributed by atoms with Gasteiger partial charge in [0.1, 0.15) is 11.4 Å². The lowest BCUT2D eigenvalue weighted by Crippen LogP contribution is -2.67. The Balaban J connectivity index is 0.000000396. The standard InChI is InChI=1S/C17H27N5O.C2HF3O2/c1-4-8-22-13-12-20(3)17(16(22)23)5-9-21(10-6-17)14-15-18-7-11-19(15)2;3-2(4,5)1(6)7/h4,7,11H,1,5-6,8-10,12-14H2,2-3H3;(H,6,7). The van der Waals surface area contributed by atoms with Gasteiger partial charge < -0.3 is 14.6 Å². The molecule has 1 spiro atoms. The fourth-order valence-corrected chi connectivity index (χ4v) is 3.80. The zero-order chi connectivity index (χ0) is 22.5. The number of rotatable bonds is 4. The minimum absolute atomic E-state index is 0.280. The number of carboxylic acid groups (broad SMARTS) is 1. The van der Waals surface area contributed by atoms with Crippen LogP contribution in [-0.4, -0.2) is 92.7 Å². The first-order valence-corrected chi connectivity index (χ1v) is 9.61. The topological polar surface area (TPSA) is 81.9 Å². The maximum Gasteiger partial charge on any atom is 0.490 e. The van der Waals surface area contributed by atoms with E-state index in [-0.39, 0.29) is 11.4 Å². The summed E-state index contributed by atoms with van der Waals surface area (Å²) >= 11 is 0. The molecule has 1 aromatic heterocycles. The highest BCUT2D eigenvalue weighted by Gasteiger charge is 2.48. The number of piperazine rings is 1. The van der Waals surface area contributed by atoms with Crippen molar-refractivity contribution < 1.29 is 27.9 Å². The van der Waals surface area contributed by atoms with E-state index < -0.39 is 12.1 Å². The lowest BCUT2D eigenvalue weighted by molar-refractivity contribution is -0.192. The van der Waals surface area contributed by atoms with Crippen LogP contribution in [0.5, 0.6) is 0 Å². The number of hydrogen-bond acceptors (Lipinski definition) is 5. The van der Waals surface area contributed by atoms with Gasteiger partial charge in [0.25, 0.3) is 0 Å². The zero-order valence-corrected chi connectivity index (χ0v) is 17.2. The maximum atomic E-state index is 13.0. The number of aryl methyl sites for hydroxylation is 1. The first-order valence-electron chi connectivity index (χ1n) is 9.61. The summed E-state index contributed by atoms with van der Waals surface area (Å²) in [5.41, 5.74) is -0.320. The van der Waals surface area contributed by atoms with Crippen molar-refractivity contribution in [3.63, 3.8) is 0 Å². The van der Waals surface area contributed by atoms with Crippen LogP contribution in [0.15, 0.2) is 25.0 Å². The van der Waals surface area contributed by atoms with Crippen LogP contribution in [0.1, 0.15) is 18.7 Å². The van der Waals surface area contributed by atoms with Gasteiger partial charge in [-0.05, 0) is 19.9 Å². The quantitative estimate of drug-likeness (QED) is 0.725. The molecule has 11 heteroatoms. The van der Waals surface area contributed by atoms with E-state index >= 15 is 0 Å². The van der Waals surface area contributed by atoms with Crippen molar-refractivity contribution >= 4 is 11.9 Å². The maximum absolute atomic E-state index is 13.0. The van der Waals surface area contributed by atoms with Crippen LogP contribution in [-0.2, 0) is 23.2 Å². The Morgan fingerprint density at radius 2 is 1.87 bits per heavy atom. The van der Waals surface area contributed by atoms with Crippen LogP contribution in [0.4, 0.5) is 13.2 Å². The monoisotopic (exact) mass is 431 g/mol. The van der Waals surface area contributed by atoms with Crippen LogP contribution in [0, 0.1) is 0 Å². The summed E-state index contributed by atoms with van der Waals surface area (Å²) in [6.07, 6.45) is 2.34. The van der Waals surface area contributed by atoms with E-state index in [0.29, 0.717) is 6.54 Å². The molecule has 8 nitrogen and oxygen atoms in total. The molecule has 0 aliphatic carbocycles. The van der Waals surface area contributed by atoms with E-state index in [1.807, 2.05) is 30.4 Å². The second kappa shape index (κ2) is 9.61. The van der Waals surface area contributed by atoms with E-state index in [9.17, 15) is 18.0 Å². The van der Waals surface area contributed by atoms with Crippen molar-refractivity contribution in [1.29, 1.82) is 0 Å². The first kappa shape index (κ1) is 23.9.